The number of pyridine rings is 1. The Bertz CT molecular complexity index is 962. The lowest BCUT2D eigenvalue weighted by Gasteiger charge is -2.60. The van der Waals surface area contributed by atoms with Crippen LogP contribution in [0.4, 0.5) is 0 Å². The second-order valence-corrected chi connectivity index (χ2v) is 9.72. The molecule has 0 radical (unpaired) electrons. The van der Waals surface area contributed by atoms with Crippen LogP contribution in [0.25, 0.3) is 10.9 Å². The van der Waals surface area contributed by atoms with E-state index in [-0.39, 0.29) is 11.8 Å². The molecule has 2 bridgehead atoms. The van der Waals surface area contributed by atoms with Crippen molar-refractivity contribution in [3.05, 3.63) is 36.5 Å². The van der Waals surface area contributed by atoms with Gasteiger partial charge in [0.1, 0.15) is 5.75 Å². The van der Waals surface area contributed by atoms with Gasteiger partial charge >= 0.3 is 0 Å². The van der Waals surface area contributed by atoms with Crippen molar-refractivity contribution in [3.63, 3.8) is 0 Å². The molecular weight excluding hydrogens is 382 g/mol. The van der Waals surface area contributed by atoms with Crippen LogP contribution in [0.1, 0.15) is 46.5 Å². The van der Waals surface area contributed by atoms with Gasteiger partial charge in [-0.05, 0) is 56.2 Å². The molecule has 8 atom stereocenters. The van der Waals surface area contributed by atoms with E-state index in [2.05, 4.69) is 18.8 Å². The number of hydrogen-bond donors (Lipinski definition) is 0. The molecule has 0 N–H and O–H groups in total. The molecule has 5 fully saturated rings. The number of nitrogens with zero attached hydrogens (tertiary/aromatic N) is 1. The molecule has 0 amide bonds. The van der Waals surface area contributed by atoms with Gasteiger partial charge in [0.2, 0.25) is 12.1 Å². The van der Waals surface area contributed by atoms with Crippen molar-refractivity contribution in [2.45, 2.75) is 70.4 Å². The summed E-state index contributed by atoms with van der Waals surface area (Å²) in [5.41, 5.74) is 0.350. The third kappa shape index (κ3) is 2.60. The molecule has 7 rings (SSSR count). The minimum absolute atomic E-state index is 0.137. The summed E-state index contributed by atoms with van der Waals surface area (Å²) in [4.78, 5) is 16.5. The van der Waals surface area contributed by atoms with E-state index in [1.54, 1.807) is 6.20 Å². The minimum atomic E-state index is -0.772. The number of benzene rings is 1. The van der Waals surface area contributed by atoms with Gasteiger partial charge in [0.05, 0.1) is 5.52 Å². The molecule has 6 nitrogen and oxygen atoms in total. The molecule has 1 aromatic carbocycles. The van der Waals surface area contributed by atoms with Crippen LogP contribution in [-0.4, -0.2) is 29.0 Å². The fourth-order valence-electron chi connectivity index (χ4n) is 6.30. The molecule has 1 saturated carbocycles. The van der Waals surface area contributed by atoms with Gasteiger partial charge in [0, 0.05) is 29.8 Å². The maximum Gasteiger partial charge on any atom is 0.205 e. The summed E-state index contributed by atoms with van der Waals surface area (Å²) in [6.07, 6.45) is 4.94. The van der Waals surface area contributed by atoms with E-state index < -0.39 is 24.0 Å². The van der Waals surface area contributed by atoms with Gasteiger partial charge in [-0.25, -0.2) is 9.78 Å². The zero-order valence-corrected chi connectivity index (χ0v) is 17.7. The highest BCUT2D eigenvalue weighted by Crippen LogP contribution is 2.60. The van der Waals surface area contributed by atoms with Gasteiger partial charge in [-0.3, -0.25) is 4.98 Å². The Kier molecular flexibility index (Phi) is 4.20. The zero-order chi connectivity index (χ0) is 20.5. The lowest BCUT2D eigenvalue weighted by atomic mass is 9.58. The molecule has 1 aromatic heterocycles. The number of ether oxygens (including phenoxy) is 3. The van der Waals surface area contributed by atoms with Crippen LogP contribution in [0, 0.1) is 23.7 Å². The Morgan fingerprint density at radius 2 is 1.90 bits per heavy atom. The van der Waals surface area contributed by atoms with Gasteiger partial charge in [0.15, 0.2) is 11.9 Å². The topological polar surface area (TPSA) is 59.0 Å². The molecule has 5 aliphatic rings. The van der Waals surface area contributed by atoms with Crippen molar-refractivity contribution >= 4 is 10.9 Å². The summed E-state index contributed by atoms with van der Waals surface area (Å²) in [7, 11) is 0. The lowest BCUT2D eigenvalue weighted by Crippen LogP contribution is -2.70. The van der Waals surface area contributed by atoms with Gasteiger partial charge in [-0.15, -0.1) is 0 Å². The molecule has 6 unspecified atom stereocenters. The first kappa shape index (κ1) is 19.0. The number of fused-ring (bicyclic) bond motifs is 3. The van der Waals surface area contributed by atoms with Crippen LogP contribution in [0.15, 0.2) is 36.5 Å². The molecule has 4 saturated heterocycles. The molecule has 5 heterocycles. The van der Waals surface area contributed by atoms with Crippen molar-refractivity contribution in [3.8, 4) is 5.75 Å². The fraction of sp³-hybridized carbons (Fsp3) is 0.625. The van der Waals surface area contributed by atoms with E-state index in [1.807, 2.05) is 37.3 Å². The summed E-state index contributed by atoms with van der Waals surface area (Å²) in [6, 6.07) is 9.93. The van der Waals surface area contributed by atoms with Gasteiger partial charge in [-0.2, -0.15) is 0 Å². The van der Waals surface area contributed by atoms with E-state index in [0.29, 0.717) is 11.8 Å². The lowest BCUT2D eigenvalue weighted by molar-refractivity contribution is -0.575. The normalized spacial score (nSPS) is 45.0. The minimum Gasteiger partial charge on any atom is -0.464 e. The third-order valence-corrected chi connectivity index (χ3v) is 7.95. The largest absolute Gasteiger partial charge is 0.464 e. The molecular formula is C24H29NO5. The van der Waals surface area contributed by atoms with E-state index >= 15 is 0 Å². The number of hydrogen-bond acceptors (Lipinski definition) is 6. The fourth-order valence-corrected chi connectivity index (χ4v) is 6.30. The smallest absolute Gasteiger partial charge is 0.205 e. The summed E-state index contributed by atoms with van der Waals surface area (Å²) >= 11 is 0. The molecule has 160 valence electrons. The van der Waals surface area contributed by atoms with Crippen molar-refractivity contribution in [2.75, 3.05) is 0 Å². The quantitative estimate of drug-likeness (QED) is 0.660. The molecule has 30 heavy (non-hydrogen) atoms. The van der Waals surface area contributed by atoms with Crippen LogP contribution in [0.2, 0.25) is 0 Å². The van der Waals surface area contributed by atoms with Crippen LogP contribution < -0.4 is 4.74 Å². The number of aromatic nitrogens is 1. The number of para-hydroxylation sites is 1. The predicted molar refractivity (Wildman–Crippen MR) is 109 cm³/mol. The Balaban J connectivity index is 1.38. The molecule has 6 heteroatoms. The van der Waals surface area contributed by atoms with E-state index in [9.17, 15) is 0 Å². The summed E-state index contributed by atoms with van der Waals surface area (Å²) < 4.78 is 19.4. The zero-order valence-electron chi connectivity index (χ0n) is 17.7. The van der Waals surface area contributed by atoms with Crippen LogP contribution in [-0.2, 0) is 19.2 Å². The molecule has 1 spiro atoms. The molecule has 4 aliphatic heterocycles. The first-order valence-electron chi connectivity index (χ1n) is 11.2. The second kappa shape index (κ2) is 6.63. The van der Waals surface area contributed by atoms with Crippen LogP contribution in [0.5, 0.6) is 5.75 Å². The standard InChI is InChI=1S/C24H29NO5/c1-14-8-9-18-15(2)21(26-20-11-13-25-19-7-5-4-6-16(19)20)27-22-24(18)17(14)10-12-23(3,28-22)29-30-24/h4-7,11,13-15,17-18,21-22H,8-10,12H2,1-3H3/t14?,15-,17?,18?,21?,22?,23?,24-/m1/s1. The maximum atomic E-state index is 6.54. The first-order valence-corrected chi connectivity index (χ1v) is 11.2. The van der Waals surface area contributed by atoms with E-state index in [4.69, 9.17) is 24.0 Å². The van der Waals surface area contributed by atoms with Crippen molar-refractivity contribution < 1.29 is 24.0 Å². The maximum absolute atomic E-state index is 6.54. The predicted octanol–water partition coefficient (Wildman–Crippen LogP) is 4.82. The monoisotopic (exact) mass is 411 g/mol. The first-order chi connectivity index (χ1) is 14.5. The van der Waals surface area contributed by atoms with Crippen molar-refractivity contribution in [1.82, 2.24) is 4.98 Å². The van der Waals surface area contributed by atoms with E-state index in [0.717, 1.165) is 35.9 Å². The number of rotatable bonds is 2. The Hall–Kier alpha value is -1.73. The summed E-state index contributed by atoms with van der Waals surface area (Å²) in [5, 5.41) is 0.987. The highest BCUT2D eigenvalue weighted by atomic mass is 17.3. The van der Waals surface area contributed by atoms with Gasteiger partial charge in [0.25, 0.3) is 0 Å². The van der Waals surface area contributed by atoms with Crippen molar-refractivity contribution in [1.29, 1.82) is 0 Å². The second-order valence-electron chi connectivity index (χ2n) is 9.72. The third-order valence-electron chi connectivity index (χ3n) is 7.95. The highest BCUT2D eigenvalue weighted by Gasteiger charge is 2.69. The molecule has 2 aromatic rings. The Morgan fingerprint density at radius 3 is 2.80 bits per heavy atom. The van der Waals surface area contributed by atoms with Crippen molar-refractivity contribution in [2.24, 2.45) is 23.7 Å². The molecule has 1 aliphatic carbocycles. The van der Waals surface area contributed by atoms with Gasteiger partial charge in [-0.1, -0.05) is 26.0 Å². The highest BCUT2D eigenvalue weighted by molar-refractivity contribution is 5.84. The SMILES string of the molecule is CC1CCC2[C@@H](C)C(Oc3ccnc4ccccc34)OC3OC4(C)CCC1[C@]32OO4. The average molecular weight is 411 g/mol. The Labute approximate surface area is 176 Å². The summed E-state index contributed by atoms with van der Waals surface area (Å²) in [5.74, 6) is 1.31. The van der Waals surface area contributed by atoms with E-state index in [1.165, 1.54) is 6.42 Å². The van der Waals surface area contributed by atoms with Crippen LogP contribution >= 0.6 is 0 Å². The van der Waals surface area contributed by atoms with Crippen LogP contribution in [0.3, 0.4) is 0 Å². The van der Waals surface area contributed by atoms with Gasteiger partial charge < -0.3 is 14.2 Å². The Morgan fingerprint density at radius 1 is 1.03 bits per heavy atom. The summed E-state index contributed by atoms with van der Waals surface area (Å²) in [6.45, 7) is 6.48. The average Bonchev–Trinajstić information content (AvgIpc) is 2.98.